The predicted molar refractivity (Wildman–Crippen MR) is 69.0 cm³/mol. The van der Waals surface area contributed by atoms with Crippen molar-refractivity contribution >= 4 is 12.2 Å². The third kappa shape index (κ3) is 3.39. The molecule has 1 aromatic heterocycles. The van der Waals surface area contributed by atoms with Gasteiger partial charge in [0, 0.05) is 5.56 Å². The first-order valence-electron chi connectivity index (χ1n) is 5.82. The Balaban J connectivity index is 1.84. The molecular weight excluding hydrogens is 262 g/mol. The van der Waals surface area contributed by atoms with Crippen LogP contribution in [0, 0.1) is 0 Å². The van der Waals surface area contributed by atoms with Gasteiger partial charge in [-0.05, 0) is 24.3 Å². The summed E-state index contributed by atoms with van der Waals surface area (Å²) >= 11 is 0. The van der Waals surface area contributed by atoms with Crippen molar-refractivity contribution in [2.24, 2.45) is 5.84 Å². The molecule has 0 aliphatic carbocycles. The number of nitrogen functional groups attached to an aromatic ring is 1. The van der Waals surface area contributed by atoms with E-state index in [1.54, 1.807) is 24.3 Å². The molecule has 0 aliphatic rings. The second-order valence-corrected chi connectivity index (χ2v) is 3.88. The minimum atomic E-state index is -0.498. The zero-order valence-corrected chi connectivity index (χ0v) is 10.5. The topological polar surface area (TPSA) is 112 Å². The summed E-state index contributed by atoms with van der Waals surface area (Å²) < 4.78 is 6.95. The Kier molecular flexibility index (Phi) is 4.40. The molecule has 0 spiro atoms. The molecule has 1 amide bonds. The van der Waals surface area contributed by atoms with Gasteiger partial charge in [0.15, 0.2) is 5.69 Å². The lowest BCUT2D eigenvalue weighted by molar-refractivity contribution is 0.0948. The zero-order chi connectivity index (χ0) is 14.4. The Bertz CT molecular complexity index is 593. The number of nitrogens with zero attached hydrogens (tertiary/aromatic N) is 3. The summed E-state index contributed by atoms with van der Waals surface area (Å²) in [7, 11) is 0. The molecule has 8 heteroatoms. The minimum absolute atomic E-state index is 0.142. The molecule has 2 aromatic rings. The molecule has 0 bridgehead atoms. The molecule has 0 saturated heterocycles. The number of nitrogens with one attached hydrogen (secondary N) is 1. The van der Waals surface area contributed by atoms with Gasteiger partial charge in [0.25, 0.3) is 5.91 Å². The van der Waals surface area contributed by atoms with E-state index in [0.29, 0.717) is 24.5 Å². The monoisotopic (exact) mass is 275 g/mol. The predicted octanol–water partition coefficient (Wildman–Crippen LogP) is -0.227. The second-order valence-electron chi connectivity index (χ2n) is 3.88. The summed E-state index contributed by atoms with van der Waals surface area (Å²) in [6.45, 7) is 0.785. The number of carbonyl (C=O) groups excluding carboxylic acids is 2. The highest BCUT2D eigenvalue weighted by molar-refractivity contribution is 5.91. The first-order chi connectivity index (χ1) is 9.72. The van der Waals surface area contributed by atoms with Gasteiger partial charge in [0.05, 0.1) is 12.7 Å². The van der Waals surface area contributed by atoms with E-state index in [1.807, 2.05) is 5.43 Å². The van der Waals surface area contributed by atoms with Crippen molar-refractivity contribution in [1.29, 1.82) is 0 Å². The molecule has 104 valence electrons. The van der Waals surface area contributed by atoms with Crippen LogP contribution in [0.1, 0.15) is 20.8 Å². The van der Waals surface area contributed by atoms with Gasteiger partial charge in [-0.25, -0.2) is 10.5 Å². The van der Waals surface area contributed by atoms with Gasteiger partial charge in [0.1, 0.15) is 18.6 Å². The molecule has 8 nitrogen and oxygen atoms in total. The van der Waals surface area contributed by atoms with Crippen LogP contribution in [0.5, 0.6) is 5.75 Å². The average molecular weight is 275 g/mol. The number of ether oxygens (including phenoxy) is 1. The molecule has 3 N–H and O–H groups in total. The number of hydrogen-bond acceptors (Lipinski definition) is 6. The van der Waals surface area contributed by atoms with Crippen molar-refractivity contribution in [3.05, 3.63) is 41.7 Å². The van der Waals surface area contributed by atoms with E-state index in [4.69, 9.17) is 10.6 Å². The van der Waals surface area contributed by atoms with Gasteiger partial charge >= 0.3 is 0 Å². The Morgan fingerprint density at radius 1 is 1.40 bits per heavy atom. The van der Waals surface area contributed by atoms with Crippen LogP contribution >= 0.6 is 0 Å². The van der Waals surface area contributed by atoms with Gasteiger partial charge in [-0.1, -0.05) is 5.21 Å². The second kappa shape index (κ2) is 6.43. The molecule has 1 aromatic carbocycles. The molecule has 20 heavy (non-hydrogen) atoms. The summed E-state index contributed by atoms with van der Waals surface area (Å²) in [5.74, 6) is 5.14. The van der Waals surface area contributed by atoms with E-state index in [1.165, 1.54) is 10.9 Å². The third-order valence-corrected chi connectivity index (χ3v) is 2.51. The van der Waals surface area contributed by atoms with Gasteiger partial charge in [-0.3, -0.25) is 15.0 Å². The summed E-state index contributed by atoms with van der Waals surface area (Å²) in [4.78, 5) is 21.7. The fourth-order valence-corrected chi connectivity index (χ4v) is 1.49. The van der Waals surface area contributed by atoms with Crippen molar-refractivity contribution in [2.75, 3.05) is 6.61 Å². The number of benzene rings is 1. The van der Waals surface area contributed by atoms with E-state index in [0.717, 1.165) is 6.29 Å². The van der Waals surface area contributed by atoms with Crippen molar-refractivity contribution in [3.63, 3.8) is 0 Å². The highest BCUT2D eigenvalue weighted by Crippen LogP contribution is 2.10. The van der Waals surface area contributed by atoms with Crippen LogP contribution < -0.4 is 16.0 Å². The molecular formula is C12H13N5O3. The van der Waals surface area contributed by atoms with Crippen molar-refractivity contribution in [1.82, 2.24) is 20.4 Å². The highest BCUT2D eigenvalue weighted by Gasteiger charge is 2.08. The van der Waals surface area contributed by atoms with Crippen LogP contribution in [0.3, 0.4) is 0 Å². The Labute approximate surface area is 114 Å². The highest BCUT2D eigenvalue weighted by atomic mass is 16.5. The van der Waals surface area contributed by atoms with E-state index in [-0.39, 0.29) is 5.69 Å². The van der Waals surface area contributed by atoms with Crippen LogP contribution in [0.2, 0.25) is 0 Å². The molecule has 2 rings (SSSR count). The van der Waals surface area contributed by atoms with Gasteiger partial charge in [0.2, 0.25) is 0 Å². The molecule has 0 fully saturated rings. The molecule has 1 heterocycles. The number of rotatable bonds is 6. The molecule has 0 unspecified atom stereocenters. The Hall–Kier alpha value is -2.74. The average Bonchev–Trinajstić information content (AvgIpc) is 2.96. The largest absolute Gasteiger partial charge is 0.492 e. The number of nitrogens with two attached hydrogens (primary N) is 1. The molecule has 0 radical (unpaired) electrons. The SMILES string of the molecule is NNC(=O)c1cn(CCOc2ccc(C=O)cc2)nn1. The van der Waals surface area contributed by atoms with E-state index >= 15 is 0 Å². The van der Waals surface area contributed by atoms with Crippen molar-refractivity contribution < 1.29 is 14.3 Å². The maximum absolute atomic E-state index is 11.2. The number of aldehydes is 1. The third-order valence-electron chi connectivity index (χ3n) is 2.51. The zero-order valence-electron chi connectivity index (χ0n) is 10.5. The van der Waals surface area contributed by atoms with Gasteiger partial charge in [-0.2, -0.15) is 0 Å². The van der Waals surface area contributed by atoms with E-state index in [9.17, 15) is 9.59 Å². The van der Waals surface area contributed by atoms with Crippen LogP contribution in [-0.2, 0) is 6.54 Å². The van der Waals surface area contributed by atoms with Crippen molar-refractivity contribution in [3.8, 4) is 5.75 Å². The smallest absolute Gasteiger partial charge is 0.287 e. The number of carbonyl (C=O) groups is 2. The Morgan fingerprint density at radius 3 is 2.80 bits per heavy atom. The standard InChI is InChI=1S/C12H13N5O3/c13-14-12(19)11-7-17(16-15-11)5-6-20-10-3-1-9(8-18)2-4-10/h1-4,7-8H,5-6,13H2,(H,14,19). The molecule has 0 atom stereocenters. The minimum Gasteiger partial charge on any atom is -0.492 e. The Morgan fingerprint density at radius 2 is 2.15 bits per heavy atom. The number of hydrazine groups is 1. The van der Waals surface area contributed by atoms with Crippen molar-refractivity contribution in [2.45, 2.75) is 6.54 Å². The van der Waals surface area contributed by atoms with Crippen LogP contribution in [0.25, 0.3) is 0 Å². The molecule has 0 aliphatic heterocycles. The lowest BCUT2D eigenvalue weighted by Crippen LogP contribution is -2.30. The fourth-order valence-electron chi connectivity index (χ4n) is 1.49. The van der Waals surface area contributed by atoms with Crippen LogP contribution in [0.4, 0.5) is 0 Å². The summed E-state index contributed by atoms with van der Waals surface area (Å²) in [6, 6.07) is 6.75. The first kappa shape index (κ1) is 13.7. The van der Waals surface area contributed by atoms with Gasteiger partial charge in [-0.15, -0.1) is 5.10 Å². The summed E-state index contributed by atoms with van der Waals surface area (Å²) in [5, 5.41) is 7.43. The maximum atomic E-state index is 11.2. The van der Waals surface area contributed by atoms with Crippen LogP contribution in [0.15, 0.2) is 30.5 Å². The van der Waals surface area contributed by atoms with Crippen LogP contribution in [-0.4, -0.2) is 33.8 Å². The van der Waals surface area contributed by atoms with E-state index < -0.39 is 5.91 Å². The van der Waals surface area contributed by atoms with E-state index in [2.05, 4.69) is 10.3 Å². The number of hydrogen-bond donors (Lipinski definition) is 2. The normalized spacial score (nSPS) is 10.1. The lowest BCUT2D eigenvalue weighted by atomic mass is 10.2. The first-order valence-corrected chi connectivity index (χ1v) is 5.82. The molecule has 0 saturated carbocycles. The quantitative estimate of drug-likeness (QED) is 0.326. The van der Waals surface area contributed by atoms with Gasteiger partial charge < -0.3 is 4.74 Å². The maximum Gasteiger partial charge on any atom is 0.287 e. The summed E-state index contributed by atoms with van der Waals surface area (Å²) in [5.41, 5.74) is 2.70. The number of aromatic nitrogens is 3. The fraction of sp³-hybridized carbons (Fsp3) is 0.167. The lowest BCUT2D eigenvalue weighted by Gasteiger charge is -2.05. The summed E-state index contributed by atoms with van der Waals surface area (Å²) in [6.07, 6.45) is 2.24. The number of amides is 1.